The van der Waals surface area contributed by atoms with Gasteiger partial charge in [0, 0.05) is 6.42 Å². The smallest absolute Gasteiger partial charge is 0.202 e. The maximum atomic E-state index is 4.38. The molecule has 14 heavy (non-hydrogen) atoms. The summed E-state index contributed by atoms with van der Waals surface area (Å²) in [7, 11) is 0. The van der Waals surface area contributed by atoms with Crippen molar-refractivity contribution in [3.05, 3.63) is 22.8 Å². The summed E-state index contributed by atoms with van der Waals surface area (Å²) >= 11 is 3.38. The Balaban J connectivity index is 2.34. The molecule has 0 fully saturated rings. The van der Waals surface area contributed by atoms with Gasteiger partial charge < -0.3 is 0 Å². The predicted octanol–water partition coefficient (Wildman–Crippen LogP) is 2.03. The fourth-order valence-electron chi connectivity index (χ4n) is 1.19. The van der Waals surface area contributed by atoms with Crippen molar-refractivity contribution in [3.8, 4) is 0 Å². The van der Waals surface area contributed by atoms with E-state index in [4.69, 9.17) is 0 Å². The van der Waals surface area contributed by atoms with Crippen molar-refractivity contribution in [1.29, 1.82) is 0 Å². The Bertz CT molecular complexity index is 437. The highest BCUT2D eigenvalue weighted by molar-refractivity contribution is 9.10. The monoisotopic (exact) mass is 253 g/mol. The van der Waals surface area contributed by atoms with Crippen molar-refractivity contribution >= 4 is 21.6 Å². The van der Waals surface area contributed by atoms with Crippen LogP contribution in [0.3, 0.4) is 0 Å². The molecule has 0 aliphatic carbocycles. The molecule has 0 unspecified atom stereocenters. The molecule has 2 rings (SSSR count). The number of fused-ring (bicyclic) bond motifs is 1. The lowest BCUT2D eigenvalue weighted by Crippen LogP contribution is -2.00. The summed E-state index contributed by atoms with van der Waals surface area (Å²) in [4.78, 5) is 8.48. The van der Waals surface area contributed by atoms with Crippen LogP contribution in [0.5, 0.6) is 0 Å². The number of aryl methyl sites for hydroxylation is 1. The van der Waals surface area contributed by atoms with Gasteiger partial charge in [-0.3, -0.25) is 0 Å². The lowest BCUT2D eigenvalue weighted by Gasteiger charge is -1.97. The molecule has 0 N–H and O–H groups in total. The van der Waals surface area contributed by atoms with Gasteiger partial charge in [-0.05, 0) is 22.4 Å². The molecule has 0 aromatic carbocycles. The van der Waals surface area contributed by atoms with Crippen LogP contribution in [0.2, 0.25) is 0 Å². The molecule has 0 spiro atoms. The molecule has 0 aliphatic heterocycles. The first-order chi connectivity index (χ1) is 6.81. The normalized spacial score (nSPS) is 11.0. The Morgan fingerprint density at radius 3 is 3.21 bits per heavy atom. The quantitative estimate of drug-likeness (QED) is 0.841. The highest BCUT2D eigenvalue weighted by atomic mass is 79.9. The lowest BCUT2D eigenvalue weighted by molar-refractivity contribution is 0.735. The topological polar surface area (TPSA) is 43.1 Å². The molecule has 73 valence electrons. The van der Waals surface area contributed by atoms with Gasteiger partial charge >= 0.3 is 0 Å². The average molecular weight is 254 g/mol. The number of nitrogens with zero attached hydrogens (tertiary/aromatic N) is 4. The molecule has 0 aliphatic rings. The summed E-state index contributed by atoms with van der Waals surface area (Å²) in [5.74, 6) is 0.834. The first-order valence-electron chi connectivity index (χ1n) is 4.59. The van der Waals surface area contributed by atoms with E-state index in [9.17, 15) is 0 Å². The van der Waals surface area contributed by atoms with Gasteiger partial charge in [0.15, 0.2) is 5.65 Å². The van der Waals surface area contributed by atoms with Crippen LogP contribution in [0.1, 0.15) is 25.6 Å². The Morgan fingerprint density at radius 1 is 1.57 bits per heavy atom. The van der Waals surface area contributed by atoms with Crippen molar-refractivity contribution in [2.45, 2.75) is 26.2 Å². The molecule has 0 amide bonds. The lowest BCUT2D eigenvalue weighted by atomic mass is 10.2. The third-order valence-corrected chi connectivity index (χ3v) is 2.52. The van der Waals surface area contributed by atoms with Crippen LogP contribution in [-0.4, -0.2) is 19.6 Å². The minimum absolute atomic E-state index is 0.783. The second-order valence-corrected chi connectivity index (χ2v) is 3.93. The van der Waals surface area contributed by atoms with Crippen molar-refractivity contribution < 1.29 is 0 Å². The number of unbranched alkanes of at least 4 members (excludes halogenated alkanes) is 1. The summed E-state index contributed by atoms with van der Waals surface area (Å²) in [6.45, 7) is 2.15. The van der Waals surface area contributed by atoms with Gasteiger partial charge in [0.1, 0.15) is 5.82 Å². The largest absolute Gasteiger partial charge is 0.212 e. The summed E-state index contributed by atoms with van der Waals surface area (Å²) < 4.78 is 2.42. The van der Waals surface area contributed by atoms with Crippen molar-refractivity contribution in [2.75, 3.05) is 0 Å². The molecular formula is C9H10BrN4. The fraction of sp³-hybridized carbons (Fsp3) is 0.444. The Hall–Kier alpha value is -0.970. The molecular weight excluding hydrogens is 244 g/mol. The van der Waals surface area contributed by atoms with E-state index in [1.165, 1.54) is 0 Å². The average Bonchev–Trinajstić information content (AvgIpc) is 2.57. The summed E-state index contributed by atoms with van der Waals surface area (Å²) in [5, 5.41) is 4.03. The van der Waals surface area contributed by atoms with Crippen LogP contribution >= 0.6 is 15.9 Å². The van der Waals surface area contributed by atoms with E-state index in [-0.39, 0.29) is 0 Å². The number of halogens is 1. The molecule has 0 atom stereocenters. The molecule has 2 aromatic rings. The molecule has 2 heterocycles. The second-order valence-electron chi connectivity index (χ2n) is 3.07. The van der Waals surface area contributed by atoms with Gasteiger partial charge in [-0.1, -0.05) is 13.3 Å². The predicted molar refractivity (Wildman–Crippen MR) is 55.9 cm³/mol. The third-order valence-electron chi connectivity index (χ3n) is 1.96. The van der Waals surface area contributed by atoms with Crippen molar-refractivity contribution in [3.63, 3.8) is 0 Å². The van der Waals surface area contributed by atoms with Gasteiger partial charge in [0.25, 0.3) is 0 Å². The first kappa shape index (κ1) is 9.58. The molecule has 0 saturated carbocycles. The van der Waals surface area contributed by atoms with E-state index in [0.717, 1.165) is 35.2 Å². The highest BCUT2D eigenvalue weighted by Crippen LogP contribution is 2.14. The van der Waals surface area contributed by atoms with E-state index < -0.39 is 0 Å². The molecule has 0 bridgehead atoms. The van der Waals surface area contributed by atoms with Crippen molar-refractivity contribution in [2.24, 2.45) is 0 Å². The SMILES string of the molecule is CCCCc1n[c]n2ncc(Br)c2n1. The van der Waals surface area contributed by atoms with Crippen LogP contribution in [0.25, 0.3) is 5.65 Å². The highest BCUT2D eigenvalue weighted by Gasteiger charge is 2.04. The molecule has 2 aromatic heterocycles. The van der Waals surface area contributed by atoms with Crippen LogP contribution in [0, 0.1) is 6.33 Å². The zero-order valence-electron chi connectivity index (χ0n) is 7.87. The fourth-order valence-corrected chi connectivity index (χ4v) is 1.54. The number of aromatic nitrogens is 4. The molecule has 0 saturated heterocycles. The van der Waals surface area contributed by atoms with E-state index in [1.54, 1.807) is 10.7 Å². The molecule has 1 radical (unpaired) electrons. The van der Waals surface area contributed by atoms with Gasteiger partial charge in [-0.25, -0.2) is 9.97 Å². The summed E-state index contributed by atoms with van der Waals surface area (Å²) in [6.07, 6.45) is 7.67. The third kappa shape index (κ3) is 1.77. The number of hydrogen-bond acceptors (Lipinski definition) is 3. The number of rotatable bonds is 3. The van der Waals surface area contributed by atoms with E-state index in [2.05, 4.69) is 44.2 Å². The Labute approximate surface area is 90.5 Å². The van der Waals surface area contributed by atoms with E-state index in [0.29, 0.717) is 0 Å². The van der Waals surface area contributed by atoms with Gasteiger partial charge in [-0.15, -0.1) is 0 Å². The maximum absolute atomic E-state index is 4.38. The van der Waals surface area contributed by atoms with Crippen LogP contribution in [0.4, 0.5) is 0 Å². The summed E-state index contributed by atoms with van der Waals surface area (Å²) in [5.41, 5.74) is 0.783. The van der Waals surface area contributed by atoms with Gasteiger partial charge in [0.05, 0.1) is 10.7 Å². The molecule has 4 nitrogen and oxygen atoms in total. The van der Waals surface area contributed by atoms with Crippen LogP contribution < -0.4 is 0 Å². The zero-order chi connectivity index (χ0) is 9.97. The van der Waals surface area contributed by atoms with E-state index in [1.807, 2.05) is 0 Å². The van der Waals surface area contributed by atoms with Crippen molar-refractivity contribution in [1.82, 2.24) is 19.6 Å². The van der Waals surface area contributed by atoms with Crippen LogP contribution in [0.15, 0.2) is 10.7 Å². The van der Waals surface area contributed by atoms with Gasteiger partial charge in [-0.2, -0.15) is 9.61 Å². The van der Waals surface area contributed by atoms with Gasteiger partial charge in [0.2, 0.25) is 6.33 Å². The second kappa shape index (κ2) is 4.04. The minimum atomic E-state index is 0.783. The maximum Gasteiger partial charge on any atom is 0.202 e. The molecule has 5 heteroatoms. The van der Waals surface area contributed by atoms with E-state index >= 15 is 0 Å². The standard InChI is InChI=1S/C9H10BrN4/c1-2-3-4-8-11-6-14-9(13-8)7(10)5-12-14/h5H,2-4H2,1H3. The number of hydrogen-bond donors (Lipinski definition) is 0. The zero-order valence-corrected chi connectivity index (χ0v) is 9.45. The minimum Gasteiger partial charge on any atom is -0.212 e. The first-order valence-corrected chi connectivity index (χ1v) is 5.38. The Morgan fingerprint density at radius 2 is 2.43 bits per heavy atom. The summed E-state index contributed by atoms with van der Waals surface area (Å²) in [6, 6.07) is 0. The Kier molecular flexibility index (Phi) is 2.77. The van der Waals surface area contributed by atoms with Crippen LogP contribution in [-0.2, 0) is 6.42 Å².